The number of halogens is 1. The largest absolute Gasteiger partial charge is 0.497 e. The van der Waals surface area contributed by atoms with Gasteiger partial charge in [0.25, 0.3) is 11.6 Å². The molecule has 0 aliphatic carbocycles. The summed E-state index contributed by atoms with van der Waals surface area (Å²) in [5.41, 5.74) is -0.0727. The zero-order valence-electron chi connectivity index (χ0n) is 14.2. The summed E-state index contributed by atoms with van der Waals surface area (Å²) in [7, 11) is 1.51. The Morgan fingerprint density at radius 1 is 1.26 bits per heavy atom. The molecule has 9 heteroatoms. The summed E-state index contributed by atoms with van der Waals surface area (Å²) in [6, 6.07) is 9.62. The number of nitrogens with zero attached hydrogens (tertiary/aromatic N) is 1. The van der Waals surface area contributed by atoms with Crippen LogP contribution >= 0.6 is 0 Å². The number of rotatable bonds is 7. The second-order valence-electron chi connectivity index (χ2n) is 5.19. The third-order valence-corrected chi connectivity index (χ3v) is 3.29. The molecule has 2 aromatic rings. The number of carbonyl (C=O) groups excluding carboxylic acids is 2. The van der Waals surface area contributed by atoms with Gasteiger partial charge in [0.05, 0.1) is 17.7 Å². The Bertz CT molecular complexity index is 897. The molecule has 140 valence electrons. The lowest BCUT2D eigenvalue weighted by atomic mass is 10.2. The zero-order chi connectivity index (χ0) is 19.8. The average molecular weight is 374 g/mol. The first-order valence-corrected chi connectivity index (χ1v) is 7.61. The fraction of sp³-hybridized carbons (Fsp3) is 0.111. The van der Waals surface area contributed by atoms with Gasteiger partial charge in [-0.2, -0.15) is 0 Å². The summed E-state index contributed by atoms with van der Waals surface area (Å²) in [5, 5.41) is 12.8. The first kappa shape index (κ1) is 19.6. The van der Waals surface area contributed by atoms with Gasteiger partial charge in [-0.3, -0.25) is 14.9 Å². The fourth-order valence-electron chi connectivity index (χ4n) is 2.00. The van der Waals surface area contributed by atoms with Gasteiger partial charge in [0, 0.05) is 18.2 Å². The molecule has 0 spiro atoms. The third-order valence-electron chi connectivity index (χ3n) is 3.29. The van der Waals surface area contributed by atoms with Crippen molar-refractivity contribution in [1.29, 1.82) is 0 Å². The molecule has 2 rings (SSSR count). The molecule has 0 saturated heterocycles. The van der Waals surface area contributed by atoms with Crippen LogP contribution < -0.4 is 10.1 Å². The Hall–Kier alpha value is -3.75. The number of amides is 1. The highest BCUT2D eigenvalue weighted by molar-refractivity contribution is 5.95. The third kappa shape index (κ3) is 5.92. The Morgan fingerprint density at radius 2 is 2.04 bits per heavy atom. The zero-order valence-corrected chi connectivity index (χ0v) is 14.2. The Labute approximate surface area is 153 Å². The first-order valence-electron chi connectivity index (χ1n) is 7.61. The van der Waals surface area contributed by atoms with E-state index in [0.29, 0.717) is 11.3 Å². The maximum absolute atomic E-state index is 13.6. The summed E-state index contributed by atoms with van der Waals surface area (Å²) in [5.74, 6) is -1.85. The number of non-ortho nitro benzene ring substituents is 1. The van der Waals surface area contributed by atoms with E-state index in [9.17, 15) is 24.1 Å². The number of nitrogens with one attached hydrogen (secondary N) is 1. The normalized spacial score (nSPS) is 10.4. The van der Waals surface area contributed by atoms with E-state index >= 15 is 0 Å². The summed E-state index contributed by atoms with van der Waals surface area (Å²) in [6.45, 7) is -0.677. The molecule has 27 heavy (non-hydrogen) atoms. The summed E-state index contributed by atoms with van der Waals surface area (Å²) in [6.07, 6.45) is 2.60. The molecule has 0 atom stereocenters. The fourth-order valence-corrected chi connectivity index (χ4v) is 2.00. The molecule has 0 heterocycles. The molecule has 0 aliphatic heterocycles. The van der Waals surface area contributed by atoms with Crippen molar-refractivity contribution in [3.05, 3.63) is 70.0 Å². The van der Waals surface area contributed by atoms with E-state index in [1.165, 1.54) is 13.2 Å². The standard InChI is InChI=1S/C18H15FN2O6/c1-26-14-4-2-3-12(9-14)5-8-18(23)27-11-17(22)20-16-10-13(21(24)25)6-7-15(16)19/h2-10H,11H2,1H3,(H,20,22)/b8-5+. The number of benzene rings is 2. The van der Waals surface area contributed by atoms with E-state index in [2.05, 4.69) is 5.32 Å². The highest BCUT2D eigenvalue weighted by Gasteiger charge is 2.14. The average Bonchev–Trinajstić information content (AvgIpc) is 2.66. The second-order valence-corrected chi connectivity index (χ2v) is 5.19. The highest BCUT2D eigenvalue weighted by Crippen LogP contribution is 2.21. The maximum Gasteiger partial charge on any atom is 0.331 e. The van der Waals surface area contributed by atoms with Crippen LogP contribution in [-0.4, -0.2) is 30.5 Å². The van der Waals surface area contributed by atoms with Gasteiger partial charge in [0.1, 0.15) is 11.6 Å². The molecule has 0 saturated carbocycles. The molecular formula is C18H15FN2O6. The van der Waals surface area contributed by atoms with Gasteiger partial charge in [0.2, 0.25) is 0 Å². The summed E-state index contributed by atoms with van der Waals surface area (Å²) < 4.78 is 23.4. The quantitative estimate of drug-likeness (QED) is 0.345. The van der Waals surface area contributed by atoms with Crippen LogP contribution in [0.2, 0.25) is 0 Å². The number of ether oxygens (including phenoxy) is 2. The number of anilines is 1. The number of nitro groups is 1. The van der Waals surface area contributed by atoms with Crippen molar-refractivity contribution >= 4 is 29.3 Å². The number of esters is 1. The van der Waals surface area contributed by atoms with Gasteiger partial charge < -0.3 is 14.8 Å². The molecule has 0 unspecified atom stereocenters. The molecule has 2 aromatic carbocycles. The van der Waals surface area contributed by atoms with Crippen LogP contribution in [0.3, 0.4) is 0 Å². The van der Waals surface area contributed by atoms with Crippen LogP contribution in [0.1, 0.15) is 5.56 Å². The Kier molecular flexibility index (Phi) is 6.59. The van der Waals surface area contributed by atoms with Crippen molar-refractivity contribution in [2.45, 2.75) is 0 Å². The van der Waals surface area contributed by atoms with Crippen molar-refractivity contribution < 1.29 is 28.4 Å². The predicted octanol–water partition coefficient (Wildman–Crippen LogP) is 2.94. The number of hydrogen-bond donors (Lipinski definition) is 1. The van der Waals surface area contributed by atoms with Crippen LogP contribution in [0.25, 0.3) is 6.08 Å². The van der Waals surface area contributed by atoms with Crippen molar-refractivity contribution in [1.82, 2.24) is 0 Å². The lowest BCUT2D eigenvalue weighted by molar-refractivity contribution is -0.384. The van der Waals surface area contributed by atoms with Crippen LogP contribution in [0.5, 0.6) is 5.75 Å². The van der Waals surface area contributed by atoms with Crippen LogP contribution in [-0.2, 0) is 14.3 Å². The number of carbonyl (C=O) groups is 2. The SMILES string of the molecule is COc1cccc(/C=C/C(=O)OCC(=O)Nc2cc([N+](=O)[O-])ccc2F)c1. The van der Waals surface area contributed by atoms with Crippen molar-refractivity contribution in [2.75, 3.05) is 19.0 Å². The van der Waals surface area contributed by atoms with Gasteiger partial charge in [-0.05, 0) is 29.8 Å². The van der Waals surface area contributed by atoms with Crippen LogP contribution in [0, 0.1) is 15.9 Å². The van der Waals surface area contributed by atoms with Crippen LogP contribution in [0.15, 0.2) is 48.5 Å². The molecule has 0 aromatic heterocycles. The second kappa shape index (κ2) is 9.09. The monoisotopic (exact) mass is 374 g/mol. The molecule has 0 bridgehead atoms. The number of nitro benzene ring substituents is 1. The summed E-state index contributed by atoms with van der Waals surface area (Å²) in [4.78, 5) is 33.4. The minimum atomic E-state index is -0.849. The van der Waals surface area contributed by atoms with Gasteiger partial charge in [-0.1, -0.05) is 12.1 Å². The minimum Gasteiger partial charge on any atom is -0.497 e. The Morgan fingerprint density at radius 3 is 2.74 bits per heavy atom. The summed E-state index contributed by atoms with van der Waals surface area (Å²) >= 11 is 0. The first-order chi connectivity index (χ1) is 12.9. The van der Waals surface area contributed by atoms with E-state index in [0.717, 1.165) is 24.3 Å². The van der Waals surface area contributed by atoms with Gasteiger partial charge in [0.15, 0.2) is 6.61 Å². The van der Waals surface area contributed by atoms with E-state index in [1.54, 1.807) is 24.3 Å². The van der Waals surface area contributed by atoms with E-state index < -0.39 is 29.2 Å². The van der Waals surface area contributed by atoms with Gasteiger partial charge >= 0.3 is 5.97 Å². The molecular weight excluding hydrogens is 359 g/mol. The molecule has 1 N–H and O–H groups in total. The lowest BCUT2D eigenvalue weighted by Gasteiger charge is -2.06. The van der Waals surface area contributed by atoms with Crippen LogP contribution in [0.4, 0.5) is 15.8 Å². The van der Waals surface area contributed by atoms with Crippen molar-refractivity contribution in [3.8, 4) is 5.75 Å². The topological polar surface area (TPSA) is 108 Å². The van der Waals surface area contributed by atoms with E-state index in [-0.39, 0.29) is 11.4 Å². The van der Waals surface area contributed by atoms with Gasteiger partial charge in [-0.25, -0.2) is 9.18 Å². The molecule has 0 radical (unpaired) electrons. The number of hydrogen-bond acceptors (Lipinski definition) is 6. The smallest absolute Gasteiger partial charge is 0.331 e. The van der Waals surface area contributed by atoms with Crippen molar-refractivity contribution in [3.63, 3.8) is 0 Å². The molecule has 8 nitrogen and oxygen atoms in total. The number of methoxy groups -OCH3 is 1. The minimum absolute atomic E-state index is 0.378. The molecule has 1 amide bonds. The highest BCUT2D eigenvalue weighted by atomic mass is 19.1. The van der Waals surface area contributed by atoms with Gasteiger partial charge in [-0.15, -0.1) is 0 Å². The van der Waals surface area contributed by atoms with Crippen molar-refractivity contribution in [2.24, 2.45) is 0 Å². The predicted molar refractivity (Wildman–Crippen MR) is 94.7 cm³/mol. The maximum atomic E-state index is 13.6. The van der Waals surface area contributed by atoms with E-state index in [1.807, 2.05) is 0 Å². The molecule has 0 aliphatic rings. The lowest BCUT2D eigenvalue weighted by Crippen LogP contribution is -2.20. The van der Waals surface area contributed by atoms with E-state index in [4.69, 9.17) is 9.47 Å². The Balaban J connectivity index is 1.89. The molecule has 0 fully saturated rings.